The lowest BCUT2D eigenvalue weighted by Crippen LogP contribution is -2.71. The summed E-state index contributed by atoms with van der Waals surface area (Å²) >= 11 is 0. The summed E-state index contributed by atoms with van der Waals surface area (Å²) in [7, 11) is 0. The molecule has 7 N–H and O–H groups in total. The van der Waals surface area contributed by atoms with Crippen LogP contribution in [0.4, 0.5) is 0 Å². The molecule has 1 fully saturated rings. The van der Waals surface area contributed by atoms with Crippen molar-refractivity contribution in [2.75, 3.05) is 6.61 Å². The topological polar surface area (TPSA) is 171 Å². The Labute approximate surface area is 136 Å². The molecular formula is C15H19NO8. The molecular weight excluding hydrogens is 322 g/mol. The van der Waals surface area contributed by atoms with E-state index in [2.05, 4.69) is 0 Å². The van der Waals surface area contributed by atoms with E-state index in [1.807, 2.05) is 0 Å². The van der Waals surface area contributed by atoms with E-state index in [0.717, 1.165) is 0 Å². The molecule has 0 bridgehead atoms. The number of ketones is 1. The van der Waals surface area contributed by atoms with Gasteiger partial charge in [0.2, 0.25) is 5.79 Å². The summed E-state index contributed by atoms with van der Waals surface area (Å²) in [5.41, 5.74) is 6.05. The maximum absolute atomic E-state index is 12.4. The molecule has 1 saturated heterocycles. The predicted octanol–water partition coefficient (Wildman–Crippen LogP) is -2.37. The van der Waals surface area contributed by atoms with Crippen molar-refractivity contribution in [3.63, 3.8) is 0 Å². The second-order valence-electron chi connectivity index (χ2n) is 5.64. The van der Waals surface area contributed by atoms with Crippen LogP contribution < -0.4 is 5.73 Å². The number of benzene rings is 1. The first-order chi connectivity index (χ1) is 11.2. The first kappa shape index (κ1) is 18.5. The Bertz CT molecular complexity index is 616. The van der Waals surface area contributed by atoms with E-state index in [-0.39, 0.29) is 12.0 Å². The summed E-state index contributed by atoms with van der Waals surface area (Å²) in [6.07, 6.45) is -4.93. The van der Waals surface area contributed by atoms with E-state index in [0.29, 0.717) is 5.56 Å². The third-order valence-electron chi connectivity index (χ3n) is 4.03. The molecule has 9 heteroatoms. The van der Waals surface area contributed by atoms with Crippen LogP contribution in [0.5, 0.6) is 0 Å². The van der Waals surface area contributed by atoms with E-state index in [4.69, 9.17) is 20.7 Å². The maximum atomic E-state index is 12.4. The second-order valence-corrected chi connectivity index (χ2v) is 5.64. The van der Waals surface area contributed by atoms with E-state index < -0.39 is 48.5 Å². The molecule has 1 aromatic rings. The van der Waals surface area contributed by atoms with Gasteiger partial charge in [-0.25, -0.2) is 4.79 Å². The Kier molecular flexibility index (Phi) is 5.33. The number of hydrogen-bond acceptors (Lipinski definition) is 8. The molecule has 0 spiro atoms. The maximum Gasteiger partial charge on any atom is 0.335 e. The molecule has 1 aromatic carbocycles. The minimum absolute atomic E-state index is 0.0365. The zero-order valence-corrected chi connectivity index (χ0v) is 12.6. The average molecular weight is 341 g/mol. The Morgan fingerprint density at radius 1 is 1.17 bits per heavy atom. The predicted molar refractivity (Wildman–Crippen MR) is 79.0 cm³/mol. The van der Waals surface area contributed by atoms with Gasteiger partial charge in [0, 0.05) is 6.42 Å². The molecule has 24 heavy (non-hydrogen) atoms. The SMILES string of the molecule is N[C@H]1[C@@H](O)[C@H](O)[C@@H](CO)OC1(O)C(=O)Cc1ccc(C(=O)O)cc1. The highest BCUT2D eigenvalue weighted by atomic mass is 16.7. The number of ether oxygens (including phenoxy) is 1. The third-order valence-corrected chi connectivity index (χ3v) is 4.03. The van der Waals surface area contributed by atoms with E-state index >= 15 is 0 Å². The van der Waals surface area contributed by atoms with Crippen molar-refractivity contribution < 1.29 is 39.9 Å². The van der Waals surface area contributed by atoms with Crippen molar-refractivity contribution >= 4 is 11.8 Å². The van der Waals surface area contributed by atoms with Gasteiger partial charge in [-0.15, -0.1) is 0 Å². The number of Topliss-reactive ketones (excluding diaryl/α,β-unsaturated/α-hetero) is 1. The van der Waals surface area contributed by atoms with Crippen LogP contribution >= 0.6 is 0 Å². The highest BCUT2D eigenvalue weighted by Crippen LogP contribution is 2.28. The molecule has 132 valence electrons. The third kappa shape index (κ3) is 3.31. The molecule has 1 aliphatic rings. The van der Waals surface area contributed by atoms with Crippen LogP contribution in [0.25, 0.3) is 0 Å². The van der Waals surface area contributed by atoms with Gasteiger partial charge in [-0.2, -0.15) is 0 Å². The van der Waals surface area contributed by atoms with Crippen molar-refractivity contribution in [3.05, 3.63) is 35.4 Å². The van der Waals surface area contributed by atoms with Gasteiger partial charge in [0.1, 0.15) is 18.3 Å². The number of carbonyl (C=O) groups is 2. The lowest BCUT2D eigenvalue weighted by Gasteiger charge is -2.45. The summed E-state index contributed by atoms with van der Waals surface area (Å²) in [6, 6.07) is 3.78. The first-order valence-electron chi connectivity index (χ1n) is 7.19. The lowest BCUT2D eigenvalue weighted by molar-refractivity contribution is -0.297. The summed E-state index contributed by atoms with van der Waals surface area (Å²) < 4.78 is 5.04. The number of carbonyl (C=O) groups excluding carboxylic acids is 1. The highest BCUT2D eigenvalue weighted by molar-refractivity contribution is 5.90. The van der Waals surface area contributed by atoms with Crippen molar-refractivity contribution in [1.82, 2.24) is 0 Å². The zero-order valence-electron chi connectivity index (χ0n) is 12.6. The standard InChI is InChI=1S/C15H19NO8/c16-13-12(20)11(19)9(6-17)24-15(13,23)10(18)5-7-1-3-8(4-2-7)14(21)22/h1-4,9,11-13,17,19-20,23H,5-6,16H2,(H,21,22)/t9-,11-,12+,13+,15?/m1/s1. The average Bonchev–Trinajstić information content (AvgIpc) is 2.56. The normalized spacial score (nSPS) is 33.2. The molecule has 0 aliphatic carbocycles. The molecule has 0 saturated carbocycles. The van der Waals surface area contributed by atoms with E-state index in [1.54, 1.807) is 0 Å². The van der Waals surface area contributed by atoms with E-state index in [1.165, 1.54) is 24.3 Å². The fourth-order valence-corrected chi connectivity index (χ4v) is 2.52. The Morgan fingerprint density at radius 3 is 2.25 bits per heavy atom. The smallest absolute Gasteiger partial charge is 0.335 e. The molecule has 0 radical (unpaired) electrons. The van der Waals surface area contributed by atoms with Crippen LogP contribution in [0.3, 0.4) is 0 Å². The van der Waals surface area contributed by atoms with Gasteiger partial charge in [0.15, 0.2) is 5.78 Å². The van der Waals surface area contributed by atoms with Crippen LogP contribution in [-0.2, 0) is 16.0 Å². The molecule has 1 unspecified atom stereocenters. The van der Waals surface area contributed by atoms with Crippen molar-refractivity contribution in [3.8, 4) is 0 Å². The molecule has 9 nitrogen and oxygen atoms in total. The quantitative estimate of drug-likeness (QED) is 0.342. The summed E-state index contributed by atoms with van der Waals surface area (Å²) in [6.45, 7) is -0.728. The van der Waals surface area contributed by atoms with Crippen LogP contribution in [0.2, 0.25) is 0 Å². The minimum atomic E-state index is -2.59. The van der Waals surface area contributed by atoms with Crippen LogP contribution in [0.15, 0.2) is 24.3 Å². The first-order valence-corrected chi connectivity index (χ1v) is 7.19. The molecule has 2 rings (SSSR count). The largest absolute Gasteiger partial charge is 0.478 e. The molecule has 0 aromatic heterocycles. The molecule has 1 heterocycles. The Morgan fingerprint density at radius 2 is 1.75 bits per heavy atom. The van der Waals surface area contributed by atoms with Gasteiger partial charge in [-0.05, 0) is 17.7 Å². The number of aliphatic hydroxyl groups excluding tert-OH is 3. The lowest BCUT2D eigenvalue weighted by atomic mass is 9.86. The number of hydrogen-bond donors (Lipinski definition) is 6. The Hall–Kier alpha value is -1.88. The molecule has 1 aliphatic heterocycles. The summed E-state index contributed by atoms with van der Waals surface area (Å²) in [5, 5.41) is 47.9. The van der Waals surface area contributed by atoms with Crippen LogP contribution in [0.1, 0.15) is 15.9 Å². The number of aromatic carboxylic acids is 1. The minimum Gasteiger partial charge on any atom is -0.478 e. The van der Waals surface area contributed by atoms with Crippen molar-refractivity contribution in [2.24, 2.45) is 5.73 Å². The number of rotatable bonds is 5. The second kappa shape index (κ2) is 6.93. The van der Waals surface area contributed by atoms with Gasteiger partial charge in [-0.3, -0.25) is 4.79 Å². The summed E-state index contributed by atoms with van der Waals surface area (Å²) in [5.74, 6) is -4.59. The molecule has 0 amide bonds. The number of nitrogens with two attached hydrogens (primary N) is 1. The number of carboxylic acids is 1. The fourth-order valence-electron chi connectivity index (χ4n) is 2.52. The van der Waals surface area contributed by atoms with E-state index in [9.17, 15) is 24.9 Å². The number of aliphatic hydroxyl groups is 4. The zero-order chi connectivity index (χ0) is 18.1. The van der Waals surface area contributed by atoms with Gasteiger partial charge in [0.25, 0.3) is 0 Å². The van der Waals surface area contributed by atoms with Crippen LogP contribution in [-0.4, -0.2) is 74.0 Å². The van der Waals surface area contributed by atoms with Gasteiger partial charge >= 0.3 is 5.97 Å². The van der Waals surface area contributed by atoms with Gasteiger partial charge < -0.3 is 36.0 Å². The van der Waals surface area contributed by atoms with Crippen molar-refractivity contribution in [1.29, 1.82) is 0 Å². The summed E-state index contributed by atoms with van der Waals surface area (Å²) in [4.78, 5) is 23.2. The van der Waals surface area contributed by atoms with Gasteiger partial charge in [-0.1, -0.05) is 12.1 Å². The highest BCUT2D eigenvalue weighted by Gasteiger charge is 2.55. The number of carboxylic acid groups (broad SMARTS) is 1. The molecule has 5 atom stereocenters. The van der Waals surface area contributed by atoms with Gasteiger partial charge in [0.05, 0.1) is 18.2 Å². The van der Waals surface area contributed by atoms with Crippen LogP contribution in [0, 0.1) is 0 Å². The fraction of sp³-hybridized carbons (Fsp3) is 0.467. The monoisotopic (exact) mass is 341 g/mol. The van der Waals surface area contributed by atoms with Crippen molar-refractivity contribution in [2.45, 2.75) is 36.6 Å². The Balaban J connectivity index is 2.18.